The van der Waals surface area contributed by atoms with Crippen molar-refractivity contribution in [2.45, 2.75) is 38.2 Å². The average Bonchev–Trinajstić information content (AvgIpc) is 2.68. The summed E-state index contributed by atoms with van der Waals surface area (Å²) >= 11 is 0. The van der Waals surface area contributed by atoms with Gasteiger partial charge in [0.25, 0.3) is 0 Å². The van der Waals surface area contributed by atoms with Crippen LogP contribution in [-0.2, 0) is 4.74 Å². The zero-order chi connectivity index (χ0) is 19.3. The minimum atomic E-state index is -0.442. The highest BCUT2D eigenvalue weighted by Gasteiger charge is 2.41. The number of fused-ring (bicyclic) bond motifs is 1. The molecular formula is C22H22FNO3. The fraction of sp³-hybridized carbons (Fsp3) is 0.364. The van der Waals surface area contributed by atoms with Crippen molar-refractivity contribution in [3.05, 3.63) is 53.8 Å². The van der Waals surface area contributed by atoms with Gasteiger partial charge in [-0.15, -0.1) is 0 Å². The van der Waals surface area contributed by atoms with Crippen LogP contribution in [0.5, 0.6) is 5.75 Å². The molecule has 2 aliphatic heterocycles. The third-order valence-electron chi connectivity index (χ3n) is 4.81. The molecule has 1 spiro atoms. The van der Waals surface area contributed by atoms with Crippen molar-refractivity contribution < 1.29 is 18.7 Å². The molecule has 4 rings (SSSR count). The van der Waals surface area contributed by atoms with Crippen molar-refractivity contribution in [1.82, 2.24) is 0 Å². The van der Waals surface area contributed by atoms with E-state index >= 15 is 0 Å². The number of nitriles is 1. The number of carbonyl (C=O) groups excluding carboxylic acids is 1. The predicted octanol–water partition coefficient (Wildman–Crippen LogP) is 4.93. The summed E-state index contributed by atoms with van der Waals surface area (Å²) in [7, 11) is 0. The van der Waals surface area contributed by atoms with Crippen LogP contribution < -0.4 is 4.74 Å². The number of hydrogen-bond donors (Lipinski definition) is 0. The number of ether oxygens (including phenoxy) is 2. The van der Waals surface area contributed by atoms with E-state index in [0.717, 1.165) is 24.0 Å². The van der Waals surface area contributed by atoms with E-state index in [9.17, 15) is 9.18 Å². The van der Waals surface area contributed by atoms with Gasteiger partial charge >= 0.3 is 0 Å². The molecule has 0 bridgehead atoms. The lowest BCUT2D eigenvalue weighted by atomic mass is 9.83. The Morgan fingerprint density at radius 3 is 2.52 bits per heavy atom. The standard InChI is InChI=1S/C19H17FO3.C3H5N/c20-15-3-1-2-13(10-15)14-4-5-16-17(21)12-19(23-18(16)11-14)6-8-22-9-7-19;1-2-3-4/h1-5,10-11H,6-9,12H2;2H2,1H3. The van der Waals surface area contributed by atoms with Gasteiger partial charge in [-0.25, -0.2) is 4.39 Å². The first-order valence-electron chi connectivity index (χ1n) is 9.14. The second-order valence-corrected chi connectivity index (χ2v) is 6.73. The van der Waals surface area contributed by atoms with Gasteiger partial charge < -0.3 is 9.47 Å². The molecule has 2 aromatic carbocycles. The van der Waals surface area contributed by atoms with Gasteiger partial charge in [0.1, 0.15) is 17.2 Å². The van der Waals surface area contributed by atoms with Gasteiger partial charge in [0.2, 0.25) is 0 Å². The van der Waals surface area contributed by atoms with Crippen molar-refractivity contribution in [2.24, 2.45) is 0 Å². The quantitative estimate of drug-likeness (QED) is 0.717. The maximum Gasteiger partial charge on any atom is 0.170 e. The molecule has 0 amide bonds. The number of rotatable bonds is 1. The minimum Gasteiger partial charge on any atom is -0.486 e. The Kier molecular flexibility index (Phi) is 5.88. The zero-order valence-electron chi connectivity index (χ0n) is 15.3. The summed E-state index contributed by atoms with van der Waals surface area (Å²) in [5, 5.41) is 7.62. The number of benzene rings is 2. The predicted molar refractivity (Wildman–Crippen MR) is 100 cm³/mol. The van der Waals surface area contributed by atoms with Crippen LogP contribution in [0.4, 0.5) is 4.39 Å². The number of nitrogens with zero attached hydrogens (tertiary/aromatic N) is 1. The Labute approximate surface area is 158 Å². The monoisotopic (exact) mass is 367 g/mol. The fourth-order valence-electron chi connectivity index (χ4n) is 3.36. The van der Waals surface area contributed by atoms with Crippen LogP contribution in [0.25, 0.3) is 11.1 Å². The van der Waals surface area contributed by atoms with E-state index in [0.29, 0.717) is 37.4 Å². The average molecular weight is 367 g/mol. The molecule has 2 aromatic rings. The lowest BCUT2D eigenvalue weighted by Crippen LogP contribution is -2.46. The normalized spacial score (nSPS) is 17.1. The Morgan fingerprint density at radius 1 is 1.15 bits per heavy atom. The Balaban J connectivity index is 0.000000481. The van der Waals surface area contributed by atoms with Gasteiger partial charge in [0.15, 0.2) is 5.78 Å². The van der Waals surface area contributed by atoms with Crippen LogP contribution in [0.3, 0.4) is 0 Å². The summed E-state index contributed by atoms with van der Waals surface area (Å²) in [6.45, 7) is 3.05. The molecule has 0 unspecified atom stereocenters. The Bertz CT molecular complexity index is 866. The van der Waals surface area contributed by atoms with Gasteiger partial charge in [0, 0.05) is 19.3 Å². The fourth-order valence-corrected chi connectivity index (χ4v) is 3.36. The number of halogens is 1. The number of ketones is 1. The van der Waals surface area contributed by atoms with Crippen molar-refractivity contribution in [3.8, 4) is 22.9 Å². The van der Waals surface area contributed by atoms with Gasteiger partial charge in [0.05, 0.1) is 31.3 Å². The van der Waals surface area contributed by atoms with E-state index in [4.69, 9.17) is 14.7 Å². The maximum absolute atomic E-state index is 13.4. The van der Waals surface area contributed by atoms with Crippen molar-refractivity contribution >= 4 is 5.78 Å². The van der Waals surface area contributed by atoms with Crippen molar-refractivity contribution in [3.63, 3.8) is 0 Å². The summed E-state index contributed by atoms with van der Waals surface area (Å²) in [4.78, 5) is 12.5. The third-order valence-corrected chi connectivity index (χ3v) is 4.81. The maximum atomic E-state index is 13.4. The van der Waals surface area contributed by atoms with Gasteiger partial charge in [-0.1, -0.05) is 25.1 Å². The third kappa shape index (κ3) is 4.35. The number of hydrogen-bond acceptors (Lipinski definition) is 4. The molecule has 0 aromatic heterocycles. The molecule has 0 atom stereocenters. The summed E-state index contributed by atoms with van der Waals surface area (Å²) < 4.78 is 25.1. The lowest BCUT2D eigenvalue weighted by Gasteiger charge is -2.40. The van der Waals surface area contributed by atoms with E-state index in [1.165, 1.54) is 12.1 Å². The molecule has 0 saturated carbocycles. The van der Waals surface area contributed by atoms with E-state index in [1.54, 1.807) is 12.1 Å². The van der Waals surface area contributed by atoms with Gasteiger partial charge in [-0.05, 0) is 35.4 Å². The van der Waals surface area contributed by atoms with Crippen LogP contribution in [0, 0.1) is 17.1 Å². The van der Waals surface area contributed by atoms with Crippen LogP contribution in [0.15, 0.2) is 42.5 Å². The van der Waals surface area contributed by atoms with Crippen LogP contribution in [0.2, 0.25) is 0 Å². The smallest absolute Gasteiger partial charge is 0.170 e. The highest BCUT2D eigenvalue weighted by atomic mass is 19.1. The molecule has 1 saturated heterocycles. The van der Waals surface area contributed by atoms with Crippen LogP contribution in [-0.4, -0.2) is 24.6 Å². The second-order valence-electron chi connectivity index (χ2n) is 6.73. The molecule has 5 heteroatoms. The summed E-state index contributed by atoms with van der Waals surface area (Å²) in [6, 6.07) is 13.8. The topological polar surface area (TPSA) is 59.3 Å². The van der Waals surface area contributed by atoms with Gasteiger partial charge in [-0.3, -0.25) is 4.79 Å². The molecule has 140 valence electrons. The Morgan fingerprint density at radius 2 is 1.85 bits per heavy atom. The SMILES string of the molecule is CCC#N.O=C1CC2(CCOCC2)Oc2cc(-c3cccc(F)c3)ccc21. The molecular weight excluding hydrogens is 345 g/mol. The zero-order valence-corrected chi connectivity index (χ0v) is 15.3. The number of Topliss-reactive ketones (excluding diaryl/α,β-unsaturated/α-hetero) is 1. The molecule has 27 heavy (non-hydrogen) atoms. The summed E-state index contributed by atoms with van der Waals surface area (Å²) in [5.41, 5.74) is 1.79. The first kappa shape index (κ1) is 19.1. The lowest BCUT2D eigenvalue weighted by molar-refractivity contribution is -0.0504. The summed E-state index contributed by atoms with van der Waals surface area (Å²) in [6.07, 6.45) is 2.48. The molecule has 2 heterocycles. The highest BCUT2D eigenvalue weighted by molar-refractivity contribution is 6.01. The van der Waals surface area contributed by atoms with Crippen molar-refractivity contribution in [1.29, 1.82) is 5.26 Å². The Hall–Kier alpha value is -2.71. The van der Waals surface area contributed by atoms with Crippen LogP contribution in [0.1, 0.15) is 43.0 Å². The second kappa shape index (κ2) is 8.32. The van der Waals surface area contributed by atoms with E-state index in [2.05, 4.69) is 0 Å². The van der Waals surface area contributed by atoms with Crippen LogP contribution >= 0.6 is 0 Å². The highest BCUT2D eigenvalue weighted by Crippen LogP contribution is 2.40. The number of carbonyl (C=O) groups is 1. The van der Waals surface area contributed by atoms with Crippen molar-refractivity contribution in [2.75, 3.05) is 13.2 Å². The molecule has 0 aliphatic carbocycles. The largest absolute Gasteiger partial charge is 0.486 e. The molecule has 2 aliphatic rings. The van der Waals surface area contributed by atoms with E-state index in [1.807, 2.05) is 31.2 Å². The molecule has 1 fully saturated rings. The molecule has 0 N–H and O–H groups in total. The molecule has 4 nitrogen and oxygen atoms in total. The minimum absolute atomic E-state index is 0.110. The first-order chi connectivity index (χ1) is 13.1. The van der Waals surface area contributed by atoms with Gasteiger partial charge in [-0.2, -0.15) is 5.26 Å². The van der Waals surface area contributed by atoms with E-state index in [-0.39, 0.29) is 11.6 Å². The van der Waals surface area contributed by atoms with E-state index < -0.39 is 5.60 Å². The first-order valence-corrected chi connectivity index (χ1v) is 9.14. The summed E-state index contributed by atoms with van der Waals surface area (Å²) in [5.74, 6) is 0.432. The molecule has 0 radical (unpaired) electrons.